The van der Waals surface area contributed by atoms with Crippen LogP contribution in [0.1, 0.15) is 101 Å². The molecule has 1 aliphatic rings. The number of hydrogen-bond donors (Lipinski definition) is 0. The van der Waals surface area contributed by atoms with Gasteiger partial charge in [0.05, 0.1) is 0 Å². The van der Waals surface area contributed by atoms with Crippen LogP contribution in [0.5, 0.6) is 11.5 Å². The summed E-state index contributed by atoms with van der Waals surface area (Å²) < 4.78 is 50.8. The van der Waals surface area contributed by atoms with Crippen LogP contribution in [0.2, 0.25) is 0 Å². The minimum Gasteiger partial charge on any atom is -0.503 e. The number of aromatic nitrogens is 2. The van der Waals surface area contributed by atoms with E-state index >= 15 is 0 Å². The number of pyridine rings is 2. The van der Waals surface area contributed by atoms with Gasteiger partial charge in [-0.05, 0) is 82.8 Å². The summed E-state index contributed by atoms with van der Waals surface area (Å²) in [6.45, 7) is 11.3. The van der Waals surface area contributed by atoms with E-state index in [9.17, 15) is 0 Å². The van der Waals surface area contributed by atoms with E-state index in [1.807, 2.05) is 30.5 Å². The van der Waals surface area contributed by atoms with Crippen molar-refractivity contribution in [3.05, 3.63) is 149 Å². The molecule has 1 radical (unpaired) electrons. The van der Waals surface area contributed by atoms with Gasteiger partial charge in [0, 0.05) is 46.5 Å². The molecule has 51 heavy (non-hydrogen) atoms. The Balaban J connectivity index is 0.000000242. The molecular weight excluding hydrogens is 800 g/mol. The van der Waals surface area contributed by atoms with Crippen LogP contribution >= 0.6 is 0 Å². The first-order chi connectivity index (χ1) is 26.5. The van der Waals surface area contributed by atoms with Crippen molar-refractivity contribution >= 4 is 23.1 Å². The molecule has 0 saturated carbocycles. The van der Waals surface area contributed by atoms with Crippen molar-refractivity contribution in [1.82, 2.24) is 9.97 Å². The smallest absolute Gasteiger partial charge is 0.232 e. The average Bonchev–Trinajstić information content (AvgIpc) is 3.16. The van der Waals surface area contributed by atoms with Crippen LogP contribution in [0.25, 0.3) is 22.5 Å². The standard InChI is InChI=1S/C32H33BNO.C14H14N.Ir/c1-20(2)23-18-25(21(3)4)31(26(19-23)22(5)6)33-27-13-7-8-16-30(27)35-32-24(12-11-14-28(32)33)29-15-9-10-17-34-29;1-10-4-6-13(7-5-10)14-8-11(2)12(3)9-15-14;/h7-11,13-22H,1-6H3;4-6,8-9H,1-3H3;/q2*-1;/i;1D3,3D3;. The van der Waals surface area contributed by atoms with E-state index in [0.717, 1.165) is 22.8 Å². The van der Waals surface area contributed by atoms with Crippen molar-refractivity contribution in [2.75, 3.05) is 0 Å². The molecule has 6 aromatic rings. The Bertz CT molecular complexity index is 2300. The van der Waals surface area contributed by atoms with Crippen molar-refractivity contribution in [3.8, 4) is 34.0 Å². The van der Waals surface area contributed by atoms with Gasteiger partial charge in [-0.15, -0.1) is 59.1 Å². The number of nitrogens with zero attached hydrogens (tertiary/aromatic N) is 2. The Hall–Kier alpha value is -4.31. The fourth-order valence-corrected chi connectivity index (χ4v) is 6.57. The third-order valence-electron chi connectivity index (χ3n) is 9.32. The Morgan fingerprint density at radius 1 is 0.725 bits per heavy atom. The molecule has 0 unspecified atom stereocenters. The third kappa shape index (κ3) is 8.11. The number of rotatable bonds is 6. The zero-order valence-corrected chi connectivity index (χ0v) is 32.7. The van der Waals surface area contributed by atoms with Crippen molar-refractivity contribution in [1.29, 1.82) is 0 Å². The van der Waals surface area contributed by atoms with E-state index < -0.39 is 13.7 Å². The van der Waals surface area contributed by atoms with Gasteiger partial charge in [-0.1, -0.05) is 114 Å². The number of ether oxygens (including phenoxy) is 1. The quantitative estimate of drug-likeness (QED) is 0.124. The molecule has 5 heteroatoms. The molecule has 4 aromatic carbocycles. The first kappa shape index (κ1) is 30.3. The second kappa shape index (κ2) is 16.4. The largest absolute Gasteiger partial charge is 0.503 e. The Kier molecular flexibility index (Phi) is 9.73. The van der Waals surface area contributed by atoms with Gasteiger partial charge in [0.1, 0.15) is 5.75 Å². The van der Waals surface area contributed by atoms with Crippen molar-refractivity contribution in [2.45, 2.75) is 79.9 Å². The first-order valence-corrected chi connectivity index (χ1v) is 17.4. The number of hydrogen-bond acceptors (Lipinski definition) is 3. The molecule has 0 amide bonds. The number of para-hydroxylation sites is 1. The molecule has 2 aromatic heterocycles. The van der Waals surface area contributed by atoms with Crippen molar-refractivity contribution in [2.24, 2.45) is 0 Å². The van der Waals surface area contributed by atoms with Crippen LogP contribution in [0, 0.1) is 32.8 Å². The van der Waals surface area contributed by atoms with Gasteiger partial charge in [0.2, 0.25) is 6.71 Å². The van der Waals surface area contributed by atoms with Crippen molar-refractivity contribution < 1.29 is 33.1 Å². The minimum absolute atomic E-state index is 0. The summed E-state index contributed by atoms with van der Waals surface area (Å²) in [6, 6.07) is 36.1. The molecule has 1 aliphatic heterocycles. The molecule has 0 saturated heterocycles. The van der Waals surface area contributed by atoms with E-state index in [0.29, 0.717) is 34.6 Å². The molecule has 3 nitrogen and oxygen atoms in total. The topological polar surface area (TPSA) is 35.0 Å². The normalized spacial score (nSPS) is 14.0. The summed E-state index contributed by atoms with van der Waals surface area (Å²) in [5, 5.41) is 0. The number of aryl methyl sites for hydroxylation is 3. The summed E-state index contributed by atoms with van der Waals surface area (Å²) in [6.07, 6.45) is 3.17. The SMILES string of the molecule is CC(C)c1cc(C(C)C)c(B2c3ccccc3Oc3c(-c4ccccn4)[c-]ccc32)c(C(C)C)c1.[2H]C([2H])([2H])c1c[c-]c(-c2cc(C)c(C([2H])([2H])[2H])cn2)cc1.[Ir]. The van der Waals surface area contributed by atoms with Crippen LogP contribution in [0.4, 0.5) is 0 Å². The van der Waals surface area contributed by atoms with Gasteiger partial charge in [-0.2, -0.15) is 0 Å². The molecule has 7 rings (SSSR count). The minimum atomic E-state index is -2.19. The monoisotopic (exact) mass is 853 g/mol. The maximum Gasteiger partial charge on any atom is 0.232 e. The Morgan fingerprint density at radius 2 is 1.47 bits per heavy atom. The van der Waals surface area contributed by atoms with E-state index in [-0.39, 0.29) is 37.9 Å². The molecule has 261 valence electrons. The number of benzene rings is 4. The van der Waals surface area contributed by atoms with Gasteiger partial charge in [-0.3, -0.25) is 0 Å². The first-order valence-electron chi connectivity index (χ1n) is 20.4. The van der Waals surface area contributed by atoms with Gasteiger partial charge in [-0.25, -0.2) is 0 Å². The second-order valence-corrected chi connectivity index (χ2v) is 13.9. The Labute approximate surface area is 327 Å². The predicted octanol–water partition coefficient (Wildman–Crippen LogP) is 10.0. The molecule has 0 fully saturated rings. The van der Waals surface area contributed by atoms with Gasteiger partial charge in [0.25, 0.3) is 0 Å². The van der Waals surface area contributed by atoms with Crippen LogP contribution in [-0.2, 0) is 20.1 Å². The molecule has 0 N–H and O–H groups in total. The summed E-state index contributed by atoms with van der Waals surface area (Å²) in [4.78, 5) is 8.76. The van der Waals surface area contributed by atoms with Crippen molar-refractivity contribution in [3.63, 3.8) is 0 Å². The van der Waals surface area contributed by atoms with Gasteiger partial charge >= 0.3 is 0 Å². The van der Waals surface area contributed by atoms with E-state index in [2.05, 4.69) is 106 Å². The summed E-state index contributed by atoms with van der Waals surface area (Å²) in [5.74, 6) is 3.08. The van der Waals surface area contributed by atoms with Crippen LogP contribution in [0.3, 0.4) is 0 Å². The van der Waals surface area contributed by atoms with E-state index in [1.54, 1.807) is 19.1 Å². The van der Waals surface area contributed by atoms with Gasteiger partial charge in [0.15, 0.2) is 0 Å². The molecular formula is C46H47BIrN2O-2. The number of fused-ring (bicyclic) bond motifs is 2. The third-order valence-corrected chi connectivity index (χ3v) is 9.32. The Morgan fingerprint density at radius 3 is 2.08 bits per heavy atom. The zero-order valence-electron chi connectivity index (χ0n) is 36.3. The summed E-state index contributed by atoms with van der Waals surface area (Å²) >= 11 is 0. The maximum atomic E-state index is 7.41. The summed E-state index contributed by atoms with van der Waals surface area (Å²) in [5.41, 5.74) is 12.1. The molecule has 0 bridgehead atoms. The molecule has 3 heterocycles. The van der Waals surface area contributed by atoms with Crippen LogP contribution in [0.15, 0.2) is 103 Å². The molecule has 0 spiro atoms. The fourth-order valence-electron chi connectivity index (χ4n) is 6.57. The second-order valence-electron chi connectivity index (χ2n) is 13.9. The summed E-state index contributed by atoms with van der Waals surface area (Å²) in [7, 11) is 0. The van der Waals surface area contributed by atoms with Crippen LogP contribution < -0.4 is 21.1 Å². The zero-order chi connectivity index (χ0) is 40.5. The van der Waals surface area contributed by atoms with E-state index in [4.69, 9.17) is 13.0 Å². The average molecular weight is 853 g/mol. The van der Waals surface area contributed by atoms with Crippen LogP contribution in [-0.4, -0.2) is 16.7 Å². The maximum absolute atomic E-state index is 7.41. The van der Waals surface area contributed by atoms with Gasteiger partial charge < -0.3 is 14.7 Å². The predicted molar refractivity (Wildman–Crippen MR) is 211 cm³/mol. The molecule has 0 atom stereocenters. The molecule has 0 aliphatic carbocycles. The van der Waals surface area contributed by atoms with E-state index in [1.165, 1.54) is 51.4 Å². The fraction of sp³-hybridized carbons (Fsp3) is 0.261.